The topological polar surface area (TPSA) is 137 Å². The fourth-order valence-corrected chi connectivity index (χ4v) is 2.17. The molecule has 4 N–H and O–H groups in total. The van der Waals surface area contributed by atoms with Gasteiger partial charge in [-0.2, -0.15) is 15.0 Å². The molecular formula is C18H15N5O4. The van der Waals surface area contributed by atoms with Crippen LogP contribution >= 0.6 is 0 Å². The van der Waals surface area contributed by atoms with Crippen LogP contribution in [-0.4, -0.2) is 37.0 Å². The van der Waals surface area contributed by atoms with E-state index in [9.17, 15) is 19.8 Å². The standard InChI is InChI=1S/C18H15N5O4/c1-10-19-17(21-15(26)11-2-6-13(24)7-3-11)23-18(20-10)22-16(27)12-4-8-14(25)9-5-12/h2-9,24-25H,1H3,(H2,19,20,21,22,23,26,27). The molecule has 0 unspecified atom stereocenters. The average Bonchev–Trinajstić information content (AvgIpc) is 2.62. The number of hydrogen-bond acceptors (Lipinski definition) is 7. The number of carbonyl (C=O) groups excluding carboxylic acids is 2. The van der Waals surface area contributed by atoms with Crippen molar-refractivity contribution in [3.05, 3.63) is 65.5 Å². The number of amides is 2. The molecule has 2 amide bonds. The lowest BCUT2D eigenvalue weighted by Gasteiger charge is -2.08. The number of carbonyl (C=O) groups is 2. The highest BCUT2D eigenvalue weighted by molar-refractivity contribution is 6.04. The number of rotatable bonds is 4. The third kappa shape index (κ3) is 4.54. The number of aromatic nitrogens is 3. The van der Waals surface area contributed by atoms with Crippen LogP contribution < -0.4 is 10.6 Å². The summed E-state index contributed by atoms with van der Waals surface area (Å²) >= 11 is 0. The molecule has 0 aliphatic rings. The molecule has 9 nitrogen and oxygen atoms in total. The van der Waals surface area contributed by atoms with Crippen molar-refractivity contribution < 1.29 is 19.8 Å². The van der Waals surface area contributed by atoms with Gasteiger partial charge in [-0.25, -0.2) is 0 Å². The zero-order valence-corrected chi connectivity index (χ0v) is 14.2. The first-order valence-corrected chi connectivity index (χ1v) is 7.84. The number of phenolic OH excluding ortho intramolecular Hbond substituents is 2. The van der Waals surface area contributed by atoms with E-state index in [0.29, 0.717) is 17.0 Å². The molecule has 0 spiro atoms. The number of benzene rings is 2. The summed E-state index contributed by atoms with van der Waals surface area (Å²) in [5.74, 6) is -0.619. The quantitative estimate of drug-likeness (QED) is 0.555. The van der Waals surface area contributed by atoms with Gasteiger partial charge < -0.3 is 10.2 Å². The summed E-state index contributed by atoms with van der Waals surface area (Å²) in [6.45, 7) is 1.59. The van der Waals surface area contributed by atoms with Gasteiger partial charge in [-0.1, -0.05) is 0 Å². The van der Waals surface area contributed by atoms with E-state index in [4.69, 9.17) is 0 Å². The van der Waals surface area contributed by atoms with Crippen LogP contribution in [0.15, 0.2) is 48.5 Å². The lowest BCUT2D eigenvalue weighted by Crippen LogP contribution is -2.18. The van der Waals surface area contributed by atoms with Crippen molar-refractivity contribution in [3.8, 4) is 11.5 Å². The highest BCUT2D eigenvalue weighted by Crippen LogP contribution is 2.13. The molecule has 1 heterocycles. The fourth-order valence-electron chi connectivity index (χ4n) is 2.17. The van der Waals surface area contributed by atoms with Gasteiger partial charge in [0.15, 0.2) is 0 Å². The smallest absolute Gasteiger partial charge is 0.258 e. The number of nitrogens with zero attached hydrogens (tertiary/aromatic N) is 3. The van der Waals surface area contributed by atoms with E-state index in [-0.39, 0.29) is 23.4 Å². The normalized spacial score (nSPS) is 10.3. The number of aryl methyl sites for hydroxylation is 1. The summed E-state index contributed by atoms with van der Waals surface area (Å²) in [7, 11) is 0. The van der Waals surface area contributed by atoms with Crippen LogP contribution in [0.1, 0.15) is 26.5 Å². The fraction of sp³-hybridized carbons (Fsp3) is 0.0556. The maximum absolute atomic E-state index is 12.2. The SMILES string of the molecule is Cc1nc(NC(=O)c2ccc(O)cc2)nc(NC(=O)c2ccc(O)cc2)n1. The van der Waals surface area contributed by atoms with Gasteiger partial charge in [0.05, 0.1) is 0 Å². The third-order valence-corrected chi connectivity index (χ3v) is 3.46. The minimum Gasteiger partial charge on any atom is -0.508 e. The Labute approximate surface area is 153 Å². The maximum Gasteiger partial charge on any atom is 0.258 e. The molecule has 0 fully saturated rings. The van der Waals surface area contributed by atoms with Crippen molar-refractivity contribution in [1.29, 1.82) is 0 Å². The summed E-state index contributed by atoms with van der Waals surface area (Å²) in [5, 5.41) is 23.6. The Balaban J connectivity index is 1.75. The van der Waals surface area contributed by atoms with Crippen molar-refractivity contribution in [1.82, 2.24) is 15.0 Å². The Morgan fingerprint density at radius 2 is 1.07 bits per heavy atom. The summed E-state index contributed by atoms with van der Waals surface area (Å²) in [6.07, 6.45) is 0. The van der Waals surface area contributed by atoms with Gasteiger partial charge in [-0.05, 0) is 55.5 Å². The van der Waals surface area contributed by atoms with Crippen molar-refractivity contribution >= 4 is 23.7 Å². The molecule has 1 aromatic heterocycles. The molecule has 0 saturated heterocycles. The largest absolute Gasteiger partial charge is 0.508 e. The first-order chi connectivity index (χ1) is 12.9. The van der Waals surface area contributed by atoms with E-state index < -0.39 is 11.8 Å². The van der Waals surface area contributed by atoms with Gasteiger partial charge in [-0.15, -0.1) is 0 Å². The van der Waals surface area contributed by atoms with Crippen molar-refractivity contribution in [3.63, 3.8) is 0 Å². The second kappa shape index (κ2) is 7.48. The number of hydrogen-bond donors (Lipinski definition) is 4. The van der Waals surface area contributed by atoms with Crippen LogP contribution in [0, 0.1) is 6.92 Å². The summed E-state index contributed by atoms with van der Waals surface area (Å²) in [6, 6.07) is 11.3. The van der Waals surface area contributed by atoms with E-state index in [1.165, 1.54) is 48.5 Å². The Morgan fingerprint density at radius 3 is 1.44 bits per heavy atom. The molecular weight excluding hydrogens is 350 g/mol. The first kappa shape index (κ1) is 17.8. The van der Waals surface area contributed by atoms with Crippen LogP contribution in [0.4, 0.5) is 11.9 Å². The van der Waals surface area contributed by atoms with Crippen molar-refractivity contribution in [2.75, 3.05) is 10.6 Å². The van der Waals surface area contributed by atoms with E-state index in [1.807, 2.05) is 0 Å². The molecule has 0 atom stereocenters. The lowest BCUT2D eigenvalue weighted by molar-refractivity contribution is 0.101. The number of anilines is 2. The molecule has 27 heavy (non-hydrogen) atoms. The van der Waals surface area contributed by atoms with Gasteiger partial charge in [0.1, 0.15) is 17.3 Å². The Bertz CT molecular complexity index is 910. The minimum atomic E-state index is -0.476. The molecule has 0 bridgehead atoms. The summed E-state index contributed by atoms with van der Waals surface area (Å²) in [5.41, 5.74) is 0.612. The molecule has 2 aromatic carbocycles. The predicted molar refractivity (Wildman–Crippen MR) is 96.7 cm³/mol. The van der Waals surface area contributed by atoms with Crippen LogP contribution in [0.3, 0.4) is 0 Å². The number of aromatic hydroxyl groups is 2. The molecule has 3 aromatic rings. The second-order valence-electron chi connectivity index (χ2n) is 5.53. The van der Waals surface area contributed by atoms with Crippen molar-refractivity contribution in [2.45, 2.75) is 6.92 Å². The molecule has 0 radical (unpaired) electrons. The van der Waals surface area contributed by atoms with E-state index in [0.717, 1.165) is 0 Å². The van der Waals surface area contributed by atoms with Crippen LogP contribution in [0.25, 0.3) is 0 Å². The van der Waals surface area contributed by atoms with Gasteiger partial charge in [0.2, 0.25) is 11.9 Å². The van der Waals surface area contributed by atoms with Gasteiger partial charge in [0.25, 0.3) is 11.8 Å². The van der Waals surface area contributed by atoms with E-state index in [2.05, 4.69) is 25.6 Å². The predicted octanol–water partition coefficient (Wildman–Crippen LogP) is 2.10. The van der Waals surface area contributed by atoms with Crippen LogP contribution in [-0.2, 0) is 0 Å². The zero-order valence-electron chi connectivity index (χ0n) is 14.2. The highest BCUT2D eigenvalue weighted by Gasteiger charge is 2.13. The molecule has 0 saturated carbocycles. The molecule has 0 aliphatic carbocycles. The lowest BCUT2D eigenvalue weighted by atomic mass is 10.2. The maximum atomic E-state index is 12.2. The Kier molecular flexibility index (Phi) is 4.93. The van der Waals surface area contributed by atoms with Crippen LogP contribution in [0.5, 0.6) is 11.5 Å². The minimum absolute atomic E-state index is 0.0263. The average molecular weight is 365 g/mol. The molecule has 0 aliphatic heterocycles. The summed E-state index contributed by atoms with van der Waals surface area (Å²) in [4.78, 5) is 36.5. The van der Waals surface area contributed by atoms with Crippen molar-refractivity contribution in [2.24, 2.45) is 0 Å². The molecule has 3 rings (SSSR count). The number of phenols is 2. The highest BCUT2D eigenvalue weighted by atomic mass is 16.3. The van der Waals surface area contributed by atoms with E-state index in [1.54, 1.807) is 6.92 Å². The zero-order chi connectivity index (χ0) is 19.4. The third-order valence-electron chi connectivity index (χ3n) is 3.46. The van der Waals surface area contributed by atoms with Gasteiger partial charge >= 0.3 is 0 Å². The van der Waals surface area contributed by atoms with E-state index >= 15 is 0 Å². The van der Waals surface area contributed by atoms with Gasteiger partial charge in [0, 0.05) is 11.1 Å². The first-order valence-electron chi connectivity index (χ1n) is 7.84. The Morgan fingerprint density at radius 1 is 0.704 bits per heavy atom. The summed E-state index contributed by atoms with van der Waals surface area (Å²) < 4.78 is 0. The Hall–Kier alpha value is -4.01. The van der Waals surface area contributed by atoms with Gasteiger partial charge in [-0.3, -0.25) is 20.2 Å². The molecule has 9 heteroatoms. The molecule has 136 valence electrons. The van der Waals surface area contributed by atoms with Crippen LogP contribution in [0.2, 0.25) is 0 Å². The monoisotopic (exact) mass is 365 g/mol. The number of nitrogens with one attached hydrogen (secondary N) is 2. The second-order valence-corrected chi connectivity index (χ2v) is 5.53.